The van der Waals surface area contributed by atoms with E-state index in [1.807, 2.05) is 26.0 Å². The fraction of sp³-hybridized carbons (Fsp3) is 0.182. The van der Waals surface area contributed by atoms with Crippen LogP contribution < -0.4 is 10.9 Å². The Balaban J connectivity index is 1.70. The Kier molecular flexibility index (Phi) is 5.56. The summed E-state index contributed by atoms with van der Waals surface area (Å²) < 4.78 is 20.0. The van der Waals surface area contributed by atoms with Crippen LogP contribution in [0.15, 0.2) is 57.8 Å². The second kappa shape index (κ2) is 8.31. The molecule has 1 amide bonds. The van der Waals surface area contributed by atoms with E-state index in [4.69, 9.17) is 16.1 Å². The SMILES string of the molecule is CC(C)c1noc(-c2cc(=O)n(CC(=O)Nc3ccc(F)c(Cl)c3)c3ccccc23)n1. The van der Waals surface area contributed by atoms with Gasteiger partial charge in [-0.2, -0.15) is 4.98 Å². The van der Waals surface area contributed by atoms with Crippen molar-refractivity contribution in [1.82, 2.24) is 14.7 Å². The number of fused-ring (bicyclic) bond motifs is 1. The molecule has 0 atom stereocenters. The highest BCUT2D eigenvalue weighted by Gasteiger charge is 2.18. The Morgan fingerprint density at radius 2 is 2.00 bits per heavy atom. The number of carbonyl (C=O) groups excluding carboxylic acids is 1. The van der Waals surface area contributed by atoms with E-state index in [2.05, 4.69) is 15.5 Å². The molecule has 4 aromatic rings. The summed E-state index contributed by atoms with van der Waals surface area (Å²) in [4.78, 5) is 29.8. The summed E-state index contributed by atoms with van der Waals surface area (Å²) in [5, 5.41) is 7.17. The van der Waals surface area contributed by atoms with Crippen LogP contribution in [0, 0.1) is 5.82 Å². The topological polar surface area (TPSA) is 90.0 Å². The first-order valence-corrected chi connectivity index (χ1v) is 9.92. The average molecular weight is 441 g/mol. The molecule has 2 heterocycles. The predicted molar refractivity (Wildman–Crippen MR) is 116 cm³/mol. The molecule has 2 aromatic carbocycles. The van der Waals surface area contributed by atoms with Gasteiger partial charge in [0.15, 0.2) is 5.82 Å². The number of benzene rings is 2. The first kappa shape index (κ1) is 20.7. The Morgan fingerprint density at radius 1 is 1.23 bits per heavy atom. The molecular formula is C22H18ClFN4O3. The molecule has 0 fully saturated rings. The number of pyridine rings is 1. The van der Waals surface area contributed by atoms with E-state index in [0.29, 0.717) is 28.0 Å². The van der Waals surface area contributed by atoms with Crippen LogP contribution in [-0.2, 0) is 11.3 Å². The maximum Gasteiger partial charge on any atom is 0.258 e. The van der Waals surface area contributed by atoms with Gasteiger partial charge in [0, 0.05) is 23.1 Å². The van der Waals surface area contributed by atoms with Crippen LogP contribution in [0.4, 0.5) is 10.1 Å². The molecule has 0 aliphatic heterocycles. The van der Waals surface area contributed by atoms with Gasteiger partial charge in [0.25, 0.3) is 11.4 Å². The largest absolute Gasteiger partial charge is 0.334 e. The zero-order valence-corrected chi connectivity index (χ0v) is 17.5. The third-order valence-corrected chi connectivity index (χ3v) is 5.00. The van der Waals surface area contributed by atoms with Gasteiger partial charge in [-0.05, 0) is 24.3 Å². The Labute approximate surface area is 181 Å². The molecule has 7 nitrogen and oxygen atoms in total. The fourth-order valence-corrected chi connectivity index (χ4v) is 3.35. The molecule has 0 unspecified atom stereocenters. The van der Waals surface area contributed by atoms with Crippen LogP contribution in [0.3, 0.4) is 0 Å². The van der Waals surface area contributed by atoms with Gasteiger partial charge in [-0.15, -0.1) is 0 Å². The zero-order valence-electron chi connectivity index (χ0n) is 16.7. The minimum absolute atomic E-state index is 0.0767. The normalized spacial score (nSPS) is 11.3. The first-order chi connectivity index (χ1) is 14.8. The van der Waals surface area contributed by atoms with Gasteiger partial charge in [0.05, 0.1) is 16.1 Å². The van der Waals surface area contributed by atoms with Crippen molar-refractivity contribution >= 4 is 34.1 Å². The molecule has 0 radical (unpaired) electrons. The van der Waals surface area contributed by atoms with Crippen molar-refractivity contribution in [2.75, 3.05) is 5.32 Å². The highest BCUT2D eigenvalue weighted by atomic mass is 35.5. The van der Waals surface area contributed by atoms with Gasteiger partial charge in [-0.1, -0.05) is 48.8 Å². The predicted octanol–water partition coefficient (Wildman–Crippen LogP) is 4.61. The Bertz CT molecular complexity index is 1350. The van der Waals surface area contributed by atoms with Crippen molar-refractivity contribution < 1.29 is 13.7 Å². The van der Waals surface area contributed by atoms with Crippen LogP contribution in [0.1, 0.15) is 25.6 Å². The lowest BCUT2D eigenvalue weighted by Crippen LogP contribution is -2.27. The lowest BCUT2D eigenvalue weighted by atomic mass is 10.1. The van der Waals surface area contributed by atoms with E-state index in [1.54, 1.807) is 12.1 Å². The molecule has 158 valence electrons. The molecular weight excluding hydrogens is 423 g/mol. The standard InChI is InChI=1S/C22H18ClFN4O3/c1-12(2)21-26-22(31-27-21)15-10-20(30)28(18-6-4-3-5-14(15)18)11-19(29)25-13-7-8-17(24)16(23)9-13/h3-10,12H,11H2,1-2H3,(H,25,29). The number of anilines is 1. The Hall–Kier alpha value is -3.52. The number of hydrogen-bond donors (Lipinski definition) is 1. The molecule has 31 heavy (non-hydrogen) atoms. The second-order valence-corrected chi connectivity index (χ2v) is 7.70. The van der Waals surface area contributed by atoms with Crippen molar-refractivity contribution in [3.05, 3.63) is 75.5 Å². The summed E-state index contributed by atoms with van der Waals surface area (Å²) >= 11 is 5.76. The van der Waals surface area contributed by atoms with Crippen molar-refractivity contribution in [3.8, 4) is 11.5 Å². The first-order valence-electron chi connectivity index (χ1n) is 9.55. The minimum Gasteiger partial charge on any atom is -0.334 e. The van der Waals surface area contributed by atoms with E-state index < -0.39 is 17.3 Å². The van der Waals surface area contributed by atoms with Crippen LogP contribution in [0.25, 0.3) is 22.4 Å². The Morgan fingerprint density at radius 3 is 2.71 bits per heavy atom. The van der Waals surface area contributed by atoms with Gasteiger partial charge in [0.1, 0.15) is 12.4 Å². The molecule has 4 rings (SSSR count). The molecule has 9 heteroatoms. The van der Waals surface area contributed by atoms with Crippen molar-refractivity contribution in [2.24, 2.45) is 0 Å². The maximum absolute atomic E-state index is 13.3. The second-order valence-electron chi connectivity index (χ2n) is 7.29. The van der Waals surface area contributed by atoms with Gasteiger partial charge in [-0.25, -0.2) is 4.39 Å². The van der Waals surface area contributed by atoms with E-state index in [-0.39, 0.29) is 23.4 Å². The summed E-state index contributed by atoms with van der Waals surface area (Å²) in [5.74, 6) is -0.176. The van der Waals surface area contributed by atoms with Gasteiger partial charge >= 0.3 is 0 Å². The number of nitrogens with one attached hydrogen (secondary N) is 1. The molecule has 0 spiro atoms. The number of hydrogen-bond acceptors (Lipinski definition) is 5. The van der Waals surface area contributed by atoms with Gasteiger partial charge in [-0.3, -0.25) is 14.2 Å². The zero-order chi connectivity index (χ0) is 22.1. The number of nitrogens with zero attached hydrogens (tertiary/aromatic N) is 3. The lowest BCUT2D eigenvalue weighted by molar-refractivity contribution is -0.116. The summed E-state index contributed by atoms with van der Waals surface area (Å²) in [6.07, 6.45) is 0. The van der Waals surface area contributed by atoms with Gasteiger partial charge < -0.3 is 9.84 Å². The van der Waals surface area contributed by atoms with Crippen LogP contribution in [0.5, 0.6) is 0 Å². The smallest absolute Gasteiger partial charge is 0.258 e. The monoisotopic (exact) mass is 440 g/mol. The number of carbonyl (C=O) groups is 1. The van der Waals surface area contributed by atoms with Crippen LogP contribution >= 0.6 is 11.6 Å². The third-order valence-electron chi connectivity index (χ3n) is 4.71. The fourth-order valence-electron chi connectivity index (χ4n) is 3.17. The molecule has 0 aliphatic carbocycles. The van der Waals surface area contributed by atoms with Crippen LogP contribution in [0.2, 0.25) is 5.02 Å². The molecule has 0 aliphatic rings. The summed E-state index contributed by atoms with van der Waals surface area (Å²) in [5.41, 5.74) is 0.978. The molecule has 0 bridgehead atoms. The lowest BCUT2D eigenvalue weighted by Gasteiger charge is -2.12. The number of aromatic nitrogens is 3. The summed E-state index contributed by atoms with van der Waals surface area (Å²) in [6.45, 7) is 3.64. The molecule has 1 N–H and O–H groups in total. The number of para-hydroxylation sites is 1. The highest BCUT2D eigenvalue weighted by Crippen LogP contribution is 2.27. The summed E-state index contributed by atoms with van der Waals surface area (Å²) in [7, 11) is 0. The number of halogens is 2. The summed E-state index contributed by atoms with van der Waals surface area (Å²) in [6, 6.07) is 12.4. The van der Waals surface area contributed by atoms with E-state index in [0.717, 1.165) is 6.07 Å². The van der Waals surface area contributed by atoms with Crippen molar-refractivity contribution in [2.45, 2.75) is 26.3 Å². The minimum atomic E-state index is -0.584. The van der Waals surface area contributed by atoms with Crippen molar-refractivity contribution in [3.63, 3.8) is 0 Å². The third kappa shape index (κ3) is 4.20. The number of amides is 1. The van der Waals surface area contributed by atoms with E-state index in [1.165, 1.54) is 22.8 Å². The molecule has 2 aromatic heterocycles. The van der Waals surface area contributed by atoms with Crippen LogP contribution in [-0.4, -0.2) is 20.6 Å². The molecule has 0 saturated heterocycles. The quantitative estimate of drug-likeness (QED) is 0.489. The average Bonchev–Trinajstić information content (AvgIpc) is 3.23. The van der Waals surface area contributed by atoms with E-state index in [9.17, 15) is 14.0 Å². The van der Waals surface area contributed by atoms with E-state index >= 15 is 0 Å². The van der Waals surface area contributed by atoms with Gasteiger partial charge in [0.2, 0.25) is 5.91 Å². The maximum atomic E-state index is 13.3. The van der Waals surface area contributed by atoms with Crippen molar-refractivity contribution in [1.29, 1.82) is 0 Å². The highest BCUT2D eigenvalue weighted by molar-refractivity contribution is 6.31. The number of rotatable bonds is 5. The molecule has 0 saturated carbocycles.